The molecule has 2 heterocycles. The Hall–Kier alpha value is -0.580. The van der Waals surface area contributed by atoms with E-state index in [1.54, 1.807) is 0 Å². The molecule has 3 nitrogen and oxygen atoms in total. The predicted octanol–water partition coefficient (Wildman–Crippen LogP) is 2.41. The highest BCUT2D eigenvalue weighted by Crippen LogP contribution is 2.28. The van der Waals surface area contributed by atoms with Crippen molar-refractivity contribution in [1.29, 1.82) is 0 Å². The van der Waals surface area contributed by atoms with Crippen LogP contribution in [0.2, 0.25) is 0 Å². The molecule has 0 bridgehead atoms. The fourth-order valence-corrected chi connectivity index (χ4v) is 3.36. The van der Waals surface area contributed by atoms with Crippen molar-refractivity contribution in [1.82, 2.24) is 5.32 Å². The Balaban J connectivity index is 1.59. The van der Waals surface area contributed by atoms with Gasteiger partial charge in [-0.2, -0.15) is 0 Å². The van der Waals surface area contributed by atoms with Crippen LogP contribution in [0.25, 0.3) is 0 Å². The van der Waals surface area contributed by atoms with Gasteiger partial charge in [-0.3, -0.25) is 0 Å². The third-order valence-electron chi connectivity index (χ3n) is 3.78. The molecule has 1 aromatic carbocycles. The molecule has 1 aromatic rings. The van der Waals surface area contributed by atoms with Crippen molar-refractivity contribution >= 4 is 21.6 Å². The summed E-state index contributed by atoms with van der Waals surface area (Å²) in [5, 5.41) is 3.72. The van der Waals surface area contributed by atoms with Crippen LogP contribution < -0.4 is 10.2 Å². The molecule has 0 radical (unpaired) electrons. The number of para-hydroxylation sites is 1. The summed E-state index contributed by atoms with van der Waals surface area (Å²) in [6, 6.07) is 9.63. The monoisotopic (exact) mass is 310 g/mol. The first-order valence-corrected chi connectivity index (χ1v) is 7.45. The first-order valence-electron chi connectivity index (χ1n) is 6.66. The molecular weight excluding hydrogens is 292 g/mol. The molecule has 0 spiro atoms. The molecule has 0 aromatic heterocycles. The second kappa shape index (κ2) is 5.59. The molecule has 2 saturated heterocycles. The van der Waals surface area contributed by atoms with E-state index in [2.05, 4.69) is 50.4 Å². The zero-order valence-corrected chi connectivity index (χ0v) is 12.0. The van der Waals surface area contributed by atoms with Crippen LogP contribution in [0.15, 0.2) is 28.7 Å². The number of nitrogens with one attached hydrogen (secondary N) is 1. The van der Waals surface area contributed by atoms with Crippen molar-refractivity contribution in [2.24, 2.45) is 0 Å². The van der Waals surface area contributed by atoms with Crippen LogP contribution in [0.5, 0.6) is 0 Å². The summed E-state index contributed by atoms with van der Waals surface area (Å²) >= 11 is 3.63. The van der Waals surface area contributed by atoms with E-state index in [9.17, 15) is 0 Å². The topological polar surface area (TPSA) is 24.5 Å². The van der Waals surface area contributed by atoms with Crippen LogP contribution >= 0.6 is 15.9 Å². The Bertz CT molecular complexity index is 407. The smallest absolute Gasteiger partial charge is 0.0620 e. The van der Waals surface area contributed by atoms with E-state index in [4.69, 9.17) is 4.74 Å². The lowest BCUT2D eigenvalue weighted by Crippen LogP contribution is -2.40. The molecule has 3 rings (SSSR count). The number of benzene rings is 1. The fourth-order valence-electron chi connectivity index (χ4n) is 2.82. The average Bonchev–Trinajstić information content (AvgIpc) is 3.02. The van der Waals surface area contributed by atoms with Gasteiger partial charge in [0.05, 0.1) is 12.3 Å². The zero-order chi connectivity index (χ0) is 12.4. The highest BCUT2D eigenvalue weighted by Gasteiger charge is 2.27. The largest absolute Gasteiger partial charge is 0.380 e. The molecule has 0 amide bonds. The Labute approximate surface area is 117 Å². The van der Waals surface area contributed by atoms with Gasteiger partial charge in [-0.15, -0.1) is 0 Å². The molecule has 1 N–H and O–H groups in total. The lowest BCUT2D eigenvalue weighted by atomic mass is 10.2. The molecule has 0 unspecified atom stereocenters. The SMILES string of the molecule is Brc1ccccc1N1CC[C@H](N[C@@H]2CCOC2)C1. The lowest BCUT2D eigenvalue weighted by molar-refractivity contribution is 0.188. The number of halogens is 1. The van der Waals surface area contributed by atoms with Gasteiger partial charge in [0, 0.05) is 36.3 Å². The zero-order valence-electron chi connectivity index (χ0n) is 10.4. The maximum atomic E-state index is 5.41. The van der Waals surface area contributed by atoms with Gasteiger partial charge in [0.25, 0.3) is 0 Å². The first kappa shape index (κ1) is 12.5. The standard InChI is InChI=1S/C14H19BrN2O/c15-13-3-1-2-4-14(13)17-7-5-11(9-17)16-12-6-8-18-10-12/h1-4,11-12,16H,5-10H2/t11-,12+/m0/s1. The van der Waals surface area contributed by atoms with Crippen molar-refractivity contribution in [3.8, 4) is 0 Å². The second-order valence-corrected chi connectivity index (χ2v) is 5.96. The number of rotatable bonds is 3. The van der Waals surface area contributed by atoms with Gasteiger partial charge in [0.1, 0.15) is 0 Å². The van der Waals surface area contributed by atoms with E-state index in [-0.39, 0.29) is 0 Å². The highest BCUT2D eigenvalue weighted by molar-refractivity contribution is 9.10. The third kappa shape index (κ3) is 2.71. The Morgan fingerprint density at radius 3 is 2.89 bits per heavy atom. The summed E-state index contributed by atoms with van der Waals surface area (Å²) in [6.07, 6.45) is 2.38. The van der Waals surface area contributed by atoms with Crippen LogP contribution in [-0.4, -0.2) is 38.4 Å². The number of ether oxygens (including phenoxy) is 1. The van der Waals surface area contributed by atoms with Gasteiger partial charge in [-0.25, -0.2) is 0 Å². The summed E-state index contributed by atoms with van der Waals surface area (Å²) in [4.78, 5) is 2.46. The van der Waals surface area contributed by atoms with E-state index in [0.717, 1.165) is 32.7 Å². The molecule has 4 heteroatoms. The third-order valence-corrected chi connectivity index (χ3v) is 4.45. The second-order valence-electron chi connectivity index (χ2n) is 5.11. The van der Waals surface area contributed by atoms with E-state index in [1.165, 1.54) is 16.6 Å². The van der Waals surface area contributed by atoms with E-state index in [1.807, 2.05) is 0 Å². The summed E-state index contributed by atoms with van der Waals surface area (Å²) in [7, 11) is 0. The van der Waals surface area contributed by atoms with Crippen LogP contribution in [0.3, 0.4) is 0 Å². The number of anilines is 1. The first-order chi connectivity index (χ1) is 8.83. The molecule has 98 valence electrons. The Morgan fingerprint density at radius 1 is 1.22 bits per heavy atom. The van der Waals surface area contributed by atoms with Crippen molar-refractivity contribution in [2.45, 2.75) is 24.9 Å². The number of nitrogens with zero attached hydrogens (tertiary/aromatic N) is 1. The minimum Gasteiger partial charge on any atom is -0.380 e. The molecule has 0 saturated carbocycles. The van der Waals surface area contributed by atoms with Crippen molar-refractivity contribution < 1.29 is 4.74 Å². The van der Waals surface area contributed by atoms with E-state index in [0.29, 0.717) is 12.1 Å². The Kier molecular flexibility index (Phi) is 3.87. The molecule has 2 aliphatic heterocycles. The van der Waals surface area contributed by atoms with Crippen LogP contribution in [0, 0.1) is 0 Å². The average molecular weight is 311 g/mol. The molecule has 0 aliphatic carbocycles. The quantitative estimate of drug-likeness (QED) is 0.928. The lowest BCUT2D eigenvalue weighted by Gasteiger charge is -2.21. The van der Waals surface area contributed by atoms with Gasteiger partial charge < -0.3 is 15.0 Å². The van der Waals surface area contributed by atoms with Gasteiger partial charge in [-0.05, 0) is 40.9 Å². The molecule has 2 fully saturated rings. The summed E-state index contributed by atoms with van der Waals surface area (Å²) in [5.74, 6) is 0. The van der Waals surface area contributed by atoms with E-state index >= 15 is 0 Å². The van der Waals surface area contributed by atoms with Crippen molar-refractivity contribution in [3.63, 3.8) is 0 Å². The maximum Gasteiger partial charge on any atom is 0.0620 e. The molecule has 2 atom stereocenters. The highest BCUT2D eigenvalue weighted by atomic mass is 79.9. The molecule has 2 aliphatic rings. The normalized spacial score (nSPS) is 27.9. The summed E-state index contributed by atoms with van der Waals surface area (Å²) in [5.41, 5.74) is 1.31. The maximum absolute atomic E-state index is 5.41. The predicted molar refractivity (Wildman–Crippen MR) is 77.1 cm³/mol. The fraction of sp³-hybridized carbons (Fsp3) is 0.571. The van der Waals surface area contributed by atoms with Gasteiger partial charge in [-0.1, -0.05) is 12.1 Å². The minimum atomic E-state index is 0.564. The van der Waals surface area contributed by atoms with Gasteiger partial charge in [0.15, 0.2) is 0 Å². The minimum absolute atomic E-state index is 0.564. The van der Waals surface area contributed by atoms with Crippen LogP contribution in [0.4, 0.5) is 5.69 Å². The number of hydrogen-bond acceptors (Lipinski definition) is 3. The number of hydrogen-bond donors (Lipinski definition) is 1. The Morgan fingerprint density at radius 2 is 2.11 bits per heavy atom. The molecular formula is C14H19BrN2O. The van der Waals surface area contributed by atoms with Gasteiger partial charge in [0.2, 0.25) is 0 Å². The van der Waals surface area contributed by atoms with E-state index < -0.39 is 0 Å². The summed E-state index contributed by atoms with van der Waals surface area (Å²) < 4.78 is 6.60. The molecule has 18 heavy (non-hydrogen) atoms. The van der Waals surface area contributed by atoms with Crippen LogP contribution in [-0.2, 0) is 4.74 Å². The summed E-state index contributed by atoms with van der Waals surface area (Å²) in [6.45, 7) is 4.02. The van der Waals surface area contributed by atoms with Crippen molar-refractivity contribution in [3.05, 3.63) is 28.7 Å². The van der Waals surface area contributed by atoms with Crippen LogP contribution in [0.1, 0.15) is 12.8 Å². The van der Waals surface area contributed by atoms with Gasteiger partial charge >= 0.3 is 0 Å². The van der Waals surface area contributed by atoms with Crippen molar-refractivity contribution in [2.75, 3.05) is 31.2 Å².